The van der Waals surface area contributed by atoms with E-state index in [9.17, 15) is 4.79 Å². The lowest BCUT2D eigenvalue weighted by Crippen LogP contribution is -2.38. The van der Waals surface area contributed by atoms with Gasteiger partial charge < -0.3 is 4.74 Å². The zero-order chi connectivity index (χ0) is 20.4. The highest BCUT2D eigenvalue weighted by molar-refractivity contribution is 7.22. The van der Waals surface area contributed by atoms with Crippen molar-refractivity contribution >= 4 is 32.6 Å². The zero-order valence-corrected chi connectivity index (χ0v) is 18.2. The number of carbonyl (C=O) groups excluding carboxylic acids is 1. The summed E-state index contributed by atoms with van der Waals surface area (Å²) in [5.74, 6) is 0.0892. The lowest BCUT2D eigenvalue weighted by Gasteiger charge is -2.23. The second-order valence-electron chi connectivity index (χ2n) is 7.86. The summed E-state index contributed by atoms with van der Waals surface area (Å²) in [7, 11) is 0. The molecular formula is C24H28N2O2S. The minimum Gasteiger partial charge on any atom is -0.376 e. The molecule has 1 aliphatic rings. The molecule has 1 saturated heterocycles. The largest absolute Gasteiger partial charge is 0.376 e. The van der Waals surface area contributed by atoms with E-state index in [0.29, 0.717) is 13.0 Å². The lowest BCUT2D eigenvalue weighted by atomic mass is 10.0. The van der Waals surface area contributed by atoms with Crippen LogP contribution in [0.3, 0.4) is 0 Å². The van der Waals surface area contributed by atoms with Gasteiger partial charge in [-0.25, -0.2) is 4.98 Å². The number of hydrogen-bond donors (Lipinski definition) is 0. The van der Waals surface area contributed by atoms with Gasteiger partial charge in [0.2, 0.25) is 5.91 Å². The molecule has 0 N–H and O–H groups in total. The number of amides is 1. The molecule has 1 aliphatic heterocycles. The number of aryl methyl sites for hydroxylation is 3. The fourth-order valence-corrected chi connectivity index (χ4v) is 4.96. The average molecular weight is 409 g/mol. The van der Waals surface area contributed by atoms with Crippen LogP contribution in [-0.4, -0.2) is 30.1 Å². The predicted molar refractivity (Wildman–Crippen MR) is 120 cm³/mol. The Morgan fingerprint density at radius 3 is 2.86 bits per heavy atom. The highest BCUT2D eigenvalue weighted by Crippen LogP contribution is 2.32. The third-order valence-corrected chi connectivity index (χ3v) is 6.70. The first-order valence-electron chi connectivity index (χ1n) is 10.4. The molecule has 2 heterocycles. The fraction of sp³-hybridized carbons (Fsp3) is 0.417. The average Bonchev–Trinajstić information content (AvgIpc) is 3.37. The monoisotopic (exact) mass is 408 g/mol. The molecule has 152 valence electrons. The number of carbonyl (C=O) groups is 1. The molecule has 3 aromatic rings. The van der Waals surface area contributed by atoms with Gasteiger partial charge in [-0.05, 0) is 55.9 Å². The maximum absolute atomic E-state index is 13.4. The van der Waals surface area contributed by atoms with Gasteiger partial charge in [-0.1, -0.05) is 54.2 Å². The quantitative estimate of drug-likeness (QED) is 0.561. The van der Waals surface area contributed by atoms with Crippen molar-refractivity contribution in [2.24, 2.45) is 0 Å². The van der Waals surface area contributed by atoms with Crippen molar-refractivity contribution in [3.63, 3.8) is 0 Å². The molecule has 0 spiro atoms. The van der Waals surface area contributed by atoms with E-state index in [1.807, 2.05) is 4.90 Å². The maximum atomic E-state index is 13.4. The van der Waals surface area contributed by atoms with Gasteiger partial charge in [0, 0.05) is 6.61 Å². The Kier molecular flexibility index (Phi) is 5.97. The molecule has 4 nitrogen and oxygen atoms in total. The van der Waals surface area contributed by atoms with Crippen LogP contribution < -0.4 is 4.90 Å². The number of anilines is 1. The number of para-hydroxylation sites is 1. The molecule has 1 aromatic heterocycles. The van der Waals surface area contributed by atoms with Crippen LogP contribution in [0.1, 0.15) is 42.0 Å². The summed E-state index contributed by atoms with van der Waals surface area (Å²) < 4.78 is 6.99. The molecule has 0 aliphatic carbocycles. The molecule has 1 fully saturated rings. The summed E-state index contributed by atoms with van der Waals surface area (Å²) in [6, 6.07) is 12.6. The first-order chi connectivity index (χ1) is 14.0. The highest BCUT2D eigenvalue weighted by atomic mass is 32.1. The Bertz CT molecular complexity index is 1020. The van der Waals surface area contributed by atoms with E-state index in [-0.39, 0.29) is 12.0 Å². The summed E-state index contributed by atoms with van der Waals surface area (Å²) in [5.41, 5.74) is 5.66. The Balaban J connectivity index is 1.67. The van der Waals surface area contributed by atoms with E-state index in [2.05, 4.69) is 57.2 Å². The van der Waals surface area contributed by atoms with Gasteiger partial charge >= 0.3 is 0 Å². The lowest BCUT2D eigenvalue weighted by molar-refractivity contribution is -0.118. The third kappa shape index (κ3) is 4.36. The van der Waals surface area contributed by atoms with E-state index in [4.69, 9.17) is 9.72 Å². The number of benzene rings is 2. The molecule has 1 unspecified atom stereocenters. The van der Waals surface area contributed by atoms with E-state index in [1.54, 1.807) is 11.3 Å². The van der Waals surface area contributed by atoms with Gasteiger partial charge in [0.05, 0.1) is 29.3 Å². The van der Waals surface area contributed by atoms with Gasteiger partial charge in [-0.15, -0.1) is 0 Å². The number of fused-ring (bicyclic) bond motifs is 1. The first-order valence-corrected chi connectivity index (χ1v) is 11.2. The van der Waals surface area contributed by atoms with E-state index in [0.717, 1.165) is 52.3 Å². The highest BCUT2D eigenvalue weighted by Gasteiger charge is 2.26. The van der Waals surface area contributed by atoms with Crippen LogP contribution in [0.2, 0.25) is 0 Å². The summed E-state index contributed by atoms with van der Waals surface area (Å²) in [6.07, 6.45) is 3.47. The van der Waals surface area contributed by atoms with E-state index >= 15 is 0 Å². The summed E-state index contributed by atoms with van der Waals surface area (Å²) in [4.78, 5) is 20.2. The second kappa shape index (κ2) is 8.64. The van der Waals surface area contributed by atoms with E-state index in [1.165, 1.54) is 11.1 Å². The summed E-state index contributed by atoms with van der Waals surface area (Å²) in [5, 5.41) is 0.784. The molecule has 1 amide bonds. The third-order valence-electron chi connectivity index (χ3n) is 5.66. The summed E-state index contributed by atoms with van der Waals surface area (Å²) in [6.45, 7) is 7.63. The normalized spacial score (nSPS) is 16.4. The molecule has 0 bridgehead atoms. The van der Waals surface area contributed by atoms with Gasteiger partial charge in [0.25, 0.3) is 0 Å². The van der Waals surface area contributed by atoms with Gasteiger partial charge in [0.1, 0.15) is 0 Å². The number of hydrogen-bond acceptors (Lipinski definition) is 4. The fourth-order valence-electron chi connectivity index (χ4n) is 3.92. The molecular weight excluding hydrogens is 380 g/mol. The van der Waals surface area contributed by atoms with Crippen LogP contribution in [0.5, 0.6) is 0 Å². The minimum absolute atomic E-state index is 0.0892. The summed E-state index contributed by atoms with van der Waals surface area (Å²) >= 11 is 1.60. The molecule has 2 aromatic carbocycles. The van der Waals surface area contributed by atoms with Gasteiger partial charge in [-0.2, -0.15) is 0 Å². The maximum Gasteiger partial charge on any atom is 0.233 e. The predicted octanol–water partition coefficient (Wildman–Crippen LogP) is 5.23. The number of aromatic nitrogens is 1. The van der Waals surface area contributed by atoms with Crippen molar-refractivity contribution in [1.82, 2.24) is 4.98 Å². The first kappa shape index (κ1) is 20.0. The number of thiazole rings is 1. The SMILES string of the molecule is CCc1cccc2sc(N(CC3CCCO3)C(=O)Cc3cc(C)ccc3C)nc12. The van der Waals surface area contributed by atoms with Crippen molar-refractivity contribution in [3.8, 4) is 0 Å². The molecule has 0 saturated carbocycles. The van der Waals surface area contributed by atoms with Crippen LogP contribution in [0, 0.1) is 13.8 Å². The molecule has 4 rings (SSSR count). The molecule has 5 heteroatoms. The molecule has 1 atom stereocenters. The molecule has 0 radical (unpaired) electrons. The Hall–Kier alpha value is -2.24. The minimum atomic E-state index is 0.0892. The number of ether oxygens (including phenoxy) is 1. The van der Waals surface area contributed by atoms with Crippen LogP contribution in [0.25, 0.3) is 10.2 Å². The molecule has 29 heavy (non-hydrogen) atoms. The Morgan fingerprint density at radius 1 is 1.24 bits per heavy atom. The number of nitrogens with zero attached hydrogens (tertiary/aromatic N) is 2. The Labute approximate surface area is 176 Å². The number of rotatable bonds is 6. The van der Waals surface area contributed by atoms with E-state index < -0.39 is 0 Å². The second-order valence-corrected chi connectivity index (χ2v) is 8.87. The van der Waals surface area contributed by atoms with Crippen molar-refractivity contribution in [1.29, 1.82) is 0 Å². The van der Waals surface area contributed by atoms with Crippen molar-refractivity contribution in [2.45, 2.75) is 52.6 Å². The van der Waals surface area contributed by atoms with Crippen molar-refractivity contribution in [2.75, 3.05) is 18.1 Å². The smallest absolute Gasteiger partial charge is 0.233 e. The van der Waals surface area contributed by atoms with Gasteiger partial charge in [-0.3, -0.25) is 9.69 Å². The van der Waals surface area contributed by atoms with Crippen LogP contribution in [0.15, 0.2) is 36.4 Å². The van der Waals surface area contributed by atoms with Gasteiger partial charge in [0.15, 0.2) is 5.13 Å². The van der Waals surface area contributed by atoms with Crippen molar-refractivity contribution < 1.29 is 9.53 Å². The topological polar surface area (TPSA) is 42.4 Å². The standard InChI is InChI=1S/C24H28N2O2S/c1-4-18-7-5-9-21-23(18)25-24(29-21)26(15-20-8-6-12-28-20)22(27)14-19-13-16(2)10-11-17(19)3/h5,7,9-11,13,20H,4,6,8,12,14-15H2,1-3H3. The van der Waals surface area contributed by atoms with Crippen molar-refractivity contribution in [3.05, 3.63) is 58.7 Å². The van der Waals surface area contributed by atoms with Crippen LogP contribution in [0.4, 0.5) is 5.13 Å². The zero-order valence-electron chi connectivity index (χ0n) is 17.4. The van der Waals surface area contributed by atoms with Crippen LogP contribution >= 0.6 is 11.3 Å². The van der Waals surface area contributed by atoms with Crippen LogP contribution in [-0.2, 0) is 22.4 Å². The Morgan fingerprint density at radius 2 is 2.10 bits per heavy atom.